The van der Waals surface area contributed by atoms with Crippen molar-refractivity contribution in [3.8, 4) is 0 Å². The van der Waals surface area contributed by atoms with E-state index in [0.717, 1.165) is 6.54 Å². The van der Waals surface area contributed by atoms with Gasteiger partial charge in [0.25, 0.3) is 5.91 Å². The standard InChI is InChI=1S/C26H38N2O2/c1-8-28(20-19-27(7)25(5,6)24(2,3)4)23(29)26(30,21-15-11-9-12-16-21)22-17-13-10-14-18-22/h9-18,30H,8,19-20H2,1-7H3. The molecule has 0 saturated heterocycles. The van der Waals surface area contributed by atoms with Crippen molar-refractivity contribution >= 4 is 5.91 Å². The minimum Gasteiger partial charge on any atom is -0.372 e. The van der Waals surface area contributed by atoms with Crippen LogP contribution in [-0.2, 0) is 10.4 Å². The lowest BCUT2D eigenvalue weighted by Crippen LogP contribution is -2.54. The Kier molecular flexibility index (Phi) is 7.49. The molecule has 0 aromatic heterocycles. The molecule has 0 aliphatic rings. The highest BCUT2D eigenvalue weighted by Crippen LogP contribution is 2.35. The van der Waals surface area contributed by atoms with Crippen LogP contribution in [0.2, 0.25) is 0 Å². The lowest BCUT2D eigenvalue weighted by atomic mass is 9.75. The molecule has 0 aliphatic carbocycles. The van der Waals surface area contributed by atoms with Crippen LogP contribution in [0.25, 0.3) is 0 Å². The van der Waals surface area contributed by atoms with Crippen LogP contribution in [0, 0.1) is 5.41 Å². The van der Waals surface area contributed by atoms with Crippen LogP contribution >= 0.6 is 0 Å². The molecule has 0 atom stereocenters. The van der Waals surface area contributed by atoms with Gasteiger partial charge >= 0.3 is 0 Å². The maximum absolute atomic E-state index is 13.7. The number of rotatable bonds is 8. The topological polar surface area (TPSA) is 43.8 Å². The second-order valence-electron chi connectivity index (χ2n) is 9.56. The summed E-state index contributed by atoms with van der Waals surface area (Å²) < 4.78 is 0. The van der Waals surface area contributed by atoms with Gasteiger partial charge < -0.3 is 10.0 Å². The SMILES string of the molecule is CCN(CCN(C)C(C)(C)C(C)(C)C)C(=O)C(O)(c1ccccc1)c1ccccc1. The molecule has 164 valence electrons. The zero-order chi connectivity index (χ0) is 22.6. The Morgan fingerprint density at radius 3 is 1.63 bits per heavy atom. The summed E-state index contributed by atoms with van der Waals surface area (Å²) in [5, 5.41) is 11.8. The van der Waals surface area contributed by atoms with E-state index in [9.17, 15) is 9.90 Å². The van der Waals surface area contributed by atoms with Crippen molar-refractivity contribution in [2.24, 2.45) is 5.41 Å². The van der Waals surface area contributed by atoms with Crippen LogP contribution in [0.5, 0.6) is 0 Å². The van der Waals surface area contributed by atoms with Gasteiger partial charge in [0, 0.05) is 25.2 Å². The number of hydrogen-bond acceptors (Lipinski definition) is 3. The molecule has 4 heteroatoms. The summed E-state index contributed by atoms with van der Waals surface area (Å²) in [6, 6.07) is 18.4. The van der Waals surface area contributed by atoms with Crippen molar-refractivity contribution in [2.75, 3.05) is 26.7 Å². The maximum atomic E-state index is 13.7. The molecule has 0 radical (unpaired) electrons. The van der Waals surface area contributed by atoms with Gasteiger partial charge in [-0.15, -0.1) is 0 Å². The van der Waals surface area contributed by atoms with E-state index >= 15 is 0 Å². The normalized spacial score (nSPS) is 12.8. The number of carbonyl (C=O) groups is 1. The van der Waals surface area contributed by atoms with Crippen LogP contribution in [0.15, 0.2) is 60.7 Å². The Morgan fingerprint density at radius 2 is 1.27 bits per heavy atom. The fourth-order valence-electron chi connectivity index (χ4n) is 3.53. The van der Waals surface area contributed by atoms with Gasteiger partial charge in [-0.1, -0.05) is 81.4 Å². The van der Waals surface area contributed by atoms with Crippen LogP contribution in [0.4, 0.5) is 0 Å². The number of amides is 1. The predicted octanol–water partition coefficient (Wildman–Crippen LogP) is 4.53. The first kappa shape index (κ1) is 24.1. The van der Waals surface area contributed by atoms with E-state index in [0.29, 0.717) is 24.2 Å². The Hall–Kier alpha value is -2.17. The molecule has 0 unspecified atom stereocenters. The Balaban J connectivity index is 2.33. The monoisotopic (exact) mass is 410 g/mol. The van der Waals surface area contributed by atoms with Gasteiger partial charge in [-0.3, -0.25) is 9.69 Å². The molecular formula is C26H38N2O2. The number of hydrogen-bond donors (Lipinski definition) is 1. The zero-order valence-corrected chi connectivity index (χ0v) is 19.6. The van der Waals surface area contributed by atoms with E-state index < -0.39 is 5.60 Å². The van der Waals surface area contributed by atoms with Crippen molar-refractivity contribution < 1.29 is 9.90 Å². The van der Waals surface area contributed by atoms with E-state index in [-0.39, 0.29) is 16.9 Å². The highest BCUT2D eigenvalue weighted by atomic mass is 16.3. The number of benzene rings is 2. The van der Waals surface area contributed by atoms with Gasteiger partial charge in [0.05, 0.1) is 0 Å². The van der Waals surface area contributed by atoms with E-state index in [1.807, 2.05) is 67.6 Å². The highest BCUT2D eigenvalue weighted by Gasteiger charge is 2.43. The Bertz CT molecular complexity index is 770. The molecule has 2 aromatic carbocycles. The van der Waals surface area contributed by atoms with Crippen molar-refractivity contribution in [2.45, 2.75) is 52.7 Å². The van der Waals surface area contributed by atoms with Crippen molar-refractivity contribution in [3.63, 3.8) is 0 Å². The summed E-state index contributed by atoms with van der Waals surface area (Å²) in [7, 11) is 2.10. The van der Waals surface area contributed by atoms with E-state index in [1.165, 1.54) is 0 Å². The third-order valence-corrected chi connectivity index (χ3v) is 6.86. The third-order valence-electron chi connectivity index (χ3n) is 6.86. The Morgan fingerprint density at radius 1 is 0.833 bits per heavy atom. The fourth-order valence-corrected chi connectivity index (χ4v) is 3.53. The van der Waals surface area contributed by atoms with Gasteiger partial charge in [-0.05, 0) is 44.4 Å². The summed E-state index contributed by atoms with van der Waals surface area (Å²) >= 11 is 0. The molecule has 4 nitrogen and oxygen atoms in total. The van der Waals surface area contributed by atoms with Crippen LogP contribution in [-0.4, -0.2) is 53.0 Å². The molecule has 30 heavy (non-hydrogen) atoms. The smallest absolute Gasteiger partial charge is 0.264 e. The molecule has 2 rings (SSSR count). The average Bonchev–Trinajstić information content (AvgIpc) is 2.73. The van der Waals surface area contributed by atoms with Gasteiger partial charge in [0.2, 0.25) is 0 Å². The fraction of sp³-hybridized carbons (Fsp3) is 0.500. The van der Waals surface area contributed by atoms with E-state index in [4.69, 9.17) is 0 Å². The van der Waals surface area contributed by atoms with Crippen molar-refractivity contribution in [3.05, 3.63) is 71.8 Å². The number of carbonyl (C=O) groups excluding carboxylic acids is 1. The van der Waals surface area contributed by atoms with Crippen LogP contribution in [0.3, 0.4) is 0 Å². The molecule has 2 aromatic rings. The molecule has 0 saturated carbocycles. The first-order valence-electron chi connectivity index (χ1n) is 10.8. The number of aliphatic hydroxyl groups is 1. The molecule has 1 N–H and O–H groups in total. The number of nitrogens with zero attached hydrogens (tertiary/aromatic N) is 2. The highest BCUT2D eigenvalue weighted by molar-refractivity contribution is 5.90. The lowest BCUT2D eigenvalue weighted by Gasteiger charge is -2.46. The van der Waals surface area contributed by atoms with E-state index in [1.54, 1.807) is 4.90 Å². The summed E-state index contributed by atoms with van der Waals surface area (Å²) in [4.78, 5) is 17.8. The lowest BCUT2D eigenvalue weighted by molar-refractivity contribution is -0.148. The van der Waals surface area contributed by atoms with Gasteiger partial charge in [0.1, 0.15) is 0 Å². The van der Waals surface area contributed by atoms with Crippen LogP contribution in [0.1, 0.15) is 52.7 Å². The minimum absolute atomic E-state index is 0.0371. The molecule has 0 aliphatic heterocycles. The van der Waals surface area contributed by atoms with E-state index in [2.05, 4.69) is 46.6 Å². The summed E-state index contributed by atoms with van der Waals surface area (Å²) in [6.07, 6.45) is 0. The minimum atomic E-state index is -1.71. The Labute approximate surface area is 182 Å². The first-order chi connectivity index (χ1) is 14.0. The summed E-state index contributed by atoms with van der Waals surface area (Å²) in [6.45, 7) is 14.9. The largest absolute Gasteiger partial charge is 0.372 e. The molecule has 1 amide bonds. The van der Waals surface area contributed by atoms with Crippen molar-refractivity contribution in [1.82, 2.24) is 9.80 Å². The summed E-state index contributed by atoms with van der Waals surface area (Å²) in [5.41, 5.74) is -0.482. The van der Waals surface area contributed by atoms with Gasteiger partial charge in [0.15, 0.2) is 5.60 Å². The molecule has 0 fully saturated rings. The first-order valence-corrected chi connectivity index (χ1v) is 10.8. The maximum Gasteiger partial charge on any atom is 0.264 e. The molecule has 0 bridgehead atoms. The molecule has 0 spiro atoms. The predicted molar refractivity (Wildman–Crippen MR) is 124 cm³/mol. The summed E-state index contributed by atoms with van der Waals surface area (Å²) in [5.74, 6) is -0.288. The quantitative estimate of drug-likeness (QED) is 0.695. The van der Waals surface area contributed by atoms with Crippen molar-refractivity contribution in [1.29, 1.82) is 0 Å². The average molecular weight is 411 g/mol. The molecular weight excluding hydrogens is 372 g/mol. The third kappa shape index (κ3) is 4.76. The van der Waals surface area contributed by atoms with Crippen LogP contribution < -0.4 is 0 Å². The van der Waals surface area contributed by atoms with Gasteiger partial charge in [-0.25, -0.2) is 0 Å². The molecule has 0 heterocycles. The second-order valence-corrected chi connectivity index (χ2v) is 9.56. The second kappa shape index (κ2) is 9.32. The zero-order valence-electron chi connectivity index (χ0n) is 19.6. The number of likely N-dealkylation sites (N-methyl/N-ethyl adjacent to an activating group) is 2. The van der Waals surface area contributed by atoms with Gasteiger partial charge in [-0.2, -0.15) is 0 Å².